The minimum Gasteiger partial charge on any atom is -0.346 e. The number of carbonyl (C=O) groups is 12. The number of nitrogens with two attached hydrogens (primary N) is 2. The van der Waals surface area contributed by atoms with Gasteiger partial charge in [0.1, 0.15) is 12.6 Å². The van der Waals surface area contributed by atoms with Gasteiger partial charge in [-0.1, -0.05) is 288 Å². The molecular formula is C78H154N6O12. The number of rotatable bonds is 34. The summed E-state index contributed by atoms with van der Waals surface area (Å²) in [6.45, 7) is 69.0. The molecule has 18 nitrogen and oxygen atoms in total. The number of carbonyl (C=O) groups excluding carboxylic acids is 12. The maximum absolute atomic E-state index is 12.0. The lowest BCUT2D eigenvalue weighted by molar-refractivity contribution is -0.132. The van der Waals surface area contributed by atoms with Crippen LogP contribution in [0.1, 0.15) is 288 Å². The van der Waals surface area contributed by atoms with E-state index in [1.54, 1.807) is 0 Å². The quantitative estimate of drug-likeness (QED) is 0.0151. The van der Waals surface area contributed by atoms with Crippen LogP contribution >= 0.6 is 0 Å². The first-order valence-electron chi connectivity index (χ1n) is 36.6. The molecule has 12 atom stereocenters. The second kappa shape index (κ2) is 60.1. The van der Waals surface area contributed by atoms with Gasteiger partial charge in [-0.25, -0.2) is 0 Å². The highest BCUT2D eigenvalue weighted by atomic mass is 18.1. The van der Waals surface area contributed by atoms with Gasteiger partial charge in [-0.2, -0.15) is 0 Å². The highest BCUT2D eigenvalue weighted by Crippen LogP contribution is 2.18. The first-order chi connectivity index (χ1) is 43.8. The normalized spacial score (nSPS) is 14.7. The van der Waals surface area contributed by atoms with Crippen molar-refractivity contribution in [1.29, 1.82) is 0 Å². The summed E-state index contributed by atoms with van der Waals surface area (Å²) in [5.41, 5.74) is 11.4. The molecule has 0 heterocycles. The number of hydrogen-bond donors (Lipinski definition) is 6. The number of hydrogen-bond acceptors (Lipinski definition) is 14. The molecule has 0 fully saturated rings. The summed E-state index contributed by atoms with van der Waals surface area (Å²) >= 11 is 0. The fourth-order valence-corrected chi connectivity index (χ4v) is 7.47. The SMILES string of the molecule is CC(C)[13CH]=[18O].CC(C)[13CH]=[18O].CCC(C)C(NC(=[18O])C(C)C)C(=O)C(C)C.CCC(C)C(N[13C](=O)C(C)C)C(=O)C(C)C.CCC(C)C(N[13C](=[18O])C(C)C)C(=O)C(C)C.CCC(C)C(N[13C](=[18O])C(C)C)C(=[18O])C(C)C.CCC(C)C([15NH2])C(=O)C(C)C.CCC(C)C([15NH2])C(=[18O])C(C)C. The lowest BCUT2D eigenvalue weighted by Gasteiger charge is -2.25. The van der Waals surface area contributed by atoms with Crippen LogP contribution in [0.5, 0.6) is 0 Å². The Balaban J connectivity index is -0.000000157. The summed E-state index contributed by atoms with van der Waals surface area (Å²) in [4.78, 5) is 136. The fourth-order valence-electron chi connectivity index (χ4n) is 7.47. The third-order valence-corrected chi connectivity index (χ3v) is 16.5. The summed E-state index contributed by atoms with van der Waals surface area (Å²) < 4.78 is 0. The molecule has 0 saturated heterocycles. The molecule has 18 heteroatoms. The van der Waals surface area contributed by atoms with Gasteiger partial charge in [0.25, 0.3) is 0 Å². The molecule has 0 bridgehead atoms. The van der Waals surface area contributed by atoms with Gasteiger partial charge >= 0.3 is 0 Å². The molecule has 96 heavy (non-hydrogen) atoms. The zero-order chi connectivity index (χ0) is 78.1. The highest BCUT2D eigenvalue weighted by Gasteiger charge is 2.32. The predicted octanol–water partition coefficient (Wildman–Crippen LogP) is 14.4. The second-order valence-electron chi connectivity index (χ2n) is 30.0. The van der Waals surface area contributed by atoms with E-state index in [1.807, 2.05) is 235 Å². The summed E-state index contributed by atoms with van der Waals surface area (Å²) in [5.74, 6) is 2.18. The second-order valence-corrected chi connectivity index (χ2v) is 30.0. The molecule has 568 valence electrons. The van der Waals surface area contributed by atoms with Crippen LogP contribution in [0, 0.1) is 107 Å². The minimum atomic E-state index is -0.333. The lowest BCUT2D eigenvalue weighted by atomic mass is 9.90. The molecular weight excluding hydrogens is 1230 g/mol. The molecule has 8 N–H and O–H groups in total. The van der Waals surface area contributed by atoms with Gasteiger partial charge in [-0.3, -0.25) is 47.9 Å². The van der Waals surface area contributed by atoms with E-state index in [0.29, 0.717) is 11.8 Å². The van der Waals surface area contributed by atoms with Crippen LogP contribution < -0.4 is 32.7 Å². The Morgan fingerprint density at radius 3 is 0.677 bits per heavy atom. The maximum atomic E-state index is 12.0. The van der Waals surface area contributed by atoms with Gasteiger partial charge < -0.3 is 42.3 Å². The highest BCUT2D eigenvalue weighted by molar-refractivity contribution is 5.93. The Labute approximate surface area is 589 Å². The maximum Gasteiger partial charge on any atom is 0.223 e. The zero-order valence-corrected chi connectivity index (χ0v) is 68.3. The van der Waals surface area contributed by atoms with Gasteiger partial charge in [-0.15, -0.1) is 0 Å². The lowest BCUT2D eigenvalue weighted by Crippen LogP contribution is -2.48. The number of amides is 4. The molecule has 0 aliphatic carbocycles. The van der Waals surface area contributed by atoms with Crippen LogP contribution in [0.25, 0.3) is 0 Å². The predicted molar refractivity (Wildman–Crippen MR) is 401 cm³/mol. The Kier molecular flexibility index (Phi) is 67.1. The third-order valence-electron chi connectivity index (χ3n) is 16.5. The average molecular weight is 1390 g/mol. The molecule has 0 aromatic carbocycles. The molecule has 0 aromatic heterocycles. The van der Waals surface area contributed by atoms with E-state index in [0.717, 1.165) is 51.1 Å². The first-order valence-corrected chi connectivity index (χ1v) is 36.6. The molecule has 0 radical (unpaired) electrons. The Hall–Kier alpha value is -4.84. The van der Waals surface area contributed by atoms with Crippen molar-refractivity contribution >= 4 is 70.9 Å². The molecule has 0 aliphatic heterocycles. The van der Waals surface area contributed by atoms with Crippen molar-refractivity contribution in [2.75, 3.05) is 0 Å². The molecule has 4 amide bonds. The molecule has 0 aliphatic rings. The average Bonchev–Trinajstić information content (AvgIpc) is 0.964. The van der Waals surface area contributed by atoms with Crippen LogP contribution in [0.4, 0.5) is 0 Å². The van der Waals surface area contributed by atoms with Gasteiger partial charge in [0.05, 0.1) is 36.3 Å². The van der Waals surface area contributed by atoms with Gasteiger partial charge in [0.2, 0.25) is 23.6 Å². The molecule has 0 saturated carbocycles. The van der Waals surface area contributed by atoms with E-state index < -0.39 is 0 Å². The van der Waals surface area contributed by atoms with Crippen LogP contribution in [-0.4, -0.2) is 107 Å². The van der Waals surface area contributed by atoms with E-state index in [9.17, 15) is 57.5 Å². The number of Topliss-reactive ketones (excluding diaryl/α,β-unsaturated/α-hetero) is 6. The van der Waals surface area contributed by atoms with Crippen LogP contribution in [0.3, 0.4) is 0 Å². The number of aldehydes is 2. The monoisotopic (exact) mass is 1390 g/mol. The summed E-state index contributed by atoms with van der Waals surface area (Å²) in [6, 6.07) is -1.86. The zero-order valence-electron chi connectivity index (χ0n) is 68.3. The van der Waals surface area contributed by atoms with Crippen molar-refractivity contribution in [3.05, 3.63) is 0 Å². The van der Waals surface area contributed by atoms with Crippen molar-refractivity contribution in [2.24, 2.45) is 118 Å². The first kappa shape index (κ1) is 107. The van der Waals surface area contributed by atoms with Crippen LogP contribution in [-0.2, 0) is 57.5 Å². The van der Waals surface area contributed by atoms with Crippen molar-refractivity contribution in [2.45, 2.75) is 324 Å². The fraction of sp³-hybridized carbons (Fsp3) is 0.846. The van der Waals surface area contributed by atoms with Crippen molar-refractivity contribution in [3.8, 4) is 0 Å². The molecule has 0 spiro atoms. The van der Waals surface area contributed by atoms with E-state index in [4.69, 9.17) is 11.5 Å². The van der Waals surface area contributed by atoms with Crippen molar-refractivity contribution in [3.63, 3.8) is 0 Å². The Bertz CT molecular complexity index is 1900. The molecule has 0 rings (SSSR count). The summed E-state index contributed by atoms with van der Waals surface area (Å²) in [5, 5.41) is 11.4. The van der Waals surface area contributed by atoms with E-state index >= 15 is 0 Å². The van der Waals surface area contributed by atoms with Gasteiger partial charge in [-0.05, 0) is 35.5 Å². The summed E-state index contributed by atoms with van der Waals surface area (Å²) in [6.07, 6.45) is 7.34. The van der Waals surface area contributed by atoms with E-state index in [-0.39, 0.29) is 189 Å². The van der Waals surface area contributed by atoms with Crippen LogP contribution in [0.2, 0.25) is 0 Å². The smallest absolute Gasteiger partial charge is 0.223 e. The summed E-state index contributed by atoms with van der Waals surface area (Å²) in [7, 11) is 0. The van der Waals surface area contributed by atoms with Crippen molar-refractivity contribution in [1.82, 2.24) is 21.3 Å². The standard InChI is InChI=1S/4C13H25NO2.2C9H19NO.2C4H8O/c4*1-7-10(6)11(12(15)8(2)3)14-13(16)9(4)5;2*1-5-7(4)8(10)9(11)6(2)3;2*1-4(2)3-5/h4*8-11H,7H2,1-6H3,(H,14,16);2*6-8H,5,10H2,1-4H3;2*3-4H,1-2H3/i13+1,15+2,16+2;13+1,16+2;16+2;13+1;10+1,11+2;10+1;2*3+1,5+2. The van der Waals surface area contributed by atoms with Gasteiger partial charge in [0, 0.05) is 71.0 Å². The van der Waals surface area contributed by atoms with E-state index in [2.05, 4.69) is 35.1 Å². The third kappa shape index (κ3) is 52.3. The van der Waals surface area contributed by atoms with Crippen molar-refractivity contribution < 1.29 is 57.5 Å². The number of ketones is 6. The van der Waals surface area contributed by atoms with E-state index in [1.165, 1.54) is 0 Å². The largest absolute Gasteiger partial charge is 0.346 e. The minimum absolute atomic E-state index is 0.0357. The Morgan fingerprint density at radius 1 is 0.281 bits per heavy atom. The van der Waals surface area contributed by atoms with Crippen LogP contribution in [0.15, 0.2) is 0 Å². The Morgan fingerprint density at radius 2 is 0.490 bits per heavy atom. The topological polar surface area (TPSA) is 305 Å². The molecule has 12 unspecified atom stereocenters. The molecule has 0 aromatic rings. The number of nitrogens with one attached hydrogen (secondary N) is 4. The van der Waals surface area contributed by atoms with Gasteiger partial charge in [0.15, 0.2) is 34.7 Å².